The van der Waals surface area contributed by atoms with Crippen LogP contribution in [0.25, 0.3) is 17.1 Å². The number of carbonyl (C=O) groups is 1. The van der Waals surface area contributed by atoms with Crippen LogP contribution >= 0.6 is 0 Å². The number of H-pyrrole nitrogens is 1. The predicted octanol–water partition coefficient (Wildman–Crippen LogP) is 2.24. The van der Waals surface area contributed by atoms with E-state index >= 15 is 0 Å². The number of benzene rings is 1. The van der Waals surface area contributed by atoms with E-state index in [2.05, 4.69) is 15.2 Å². The predicted molar refractivity (Wildman–Crippen MR) is 68.0 cm³/mol. The van der Waals surface area contributed by atoms with Crippen LogP contribution in [-0.2, 0) is 0 Å². The van der Waals surface area contributed by atoms with E-state index < -0.39 is 17.6 Å². The summed E-state index contributed by atoms with van der Waals surface area (Å²) in [4.78, 5) is 13.4. The number of carboxylic acid groups (broad SMARTS) is 1. The van der Waals surface area contributed by atoms with E-state index in [0.29, 0.717) is 5.69 Å². The van der Waals surface area contributed by atoms with Crippen LogP contribution in [0.15, 0.2) is 36.8 Å². The third-order valence-electron chi connectivity index (χ3n) is 2.92. The van der Waals surface area contributed by atoms with Crippen molar-refractivity contribution in [2.45, 2.75) is 0 Å². The summed E-state index contributed by atoms with van der Waals surface area (Å²) in [7, 11) is 0. The molecule has 2 N–H and O–H groups in total. The average molecular weight is 290 g/mol. The summed E-state index contributed by atoms with van der Waals surface area (Å²) >= 11 is 0. The molecule has 106 valence electrons. The zero-order valence-corrected chi connectivity index (χ0v) is 10.4. The van der Waals surface area contributed by atoms with Gasteiger partial charge in [-0.1, -0.05) is 6.07 Å². The Balaban J connectivity index is 2.12. The molecule has 0 aliphatic carbocycles. The van der Waals surface area contributed by atoms with Crippen molar-refractivity contribution in [3.8, 4) is 17.1 Å². The first-order valence-electron chi connectivity index (χ1n) is 5.84. The molecule has 21 heavy (non-hydrogen) atoms. The van der Waals surface area contributed by atoms with E-state index in [0.717, 1.165) is 6.07 Å². The molecule has 0 atom stereocenters. The van der Waals surface area contributed by atoms with Gasteiger partial charge in [-0.3, -0.25) is 4.57 Å². The zero-order chi connectivity index (χ0) is 15.0. The van der Waals surface area contributed by atoms with Gasteiger partial charge in [0.05, 0.1) is 11.3 Å². The highest BCUT2D eigenvalue weighted by Gasteiger charge is 2.17. The zero-order valence-electron chi connectivity index (χ0n) is 10.4. The van der Waals surface area contributed by atoms with Gasteiger partial charge in [0, 0.05) is 6.20 Å². The first-order valence-corrected chi connectivity index (χ1v) is 5.84. The second kappa shape index (κ2) is 4.82. The van der Waals surface area contributed by atoms with Crippen molar-refractivity contribution in [2.24, 2.45) is 0 Å². The van der Waals surface area contributed by atoms with E-state index in [1.807, 2.05) is 0 Å². The number of nitrogens with zero attached hydrogens (tertiary/aromatic N) is 3. The van der Waals surface area contributed by atoms with Crippen LogP contribution in [0.2, 0.25) is 0 Å². The average Bonchev–Trinajstić information content (AvgIpc) is 3.09. The lowest BCUT2D eigenvalue weighted by Crippen LogP contribution is -1.98. The van der Waals surface area contributed by atoms with E-state index in [9.17, 15) is 13.6 Å². The Kier molecular flexibility index (Phi) is 2.98. The summed E-state index contributed by atoms with van der Waals surface area (Å²) in [5.41, 5.74) is 0.297. The Morgan fingerprint density at radius 3 is 2.86 bits per heavy atom. The standard InChI is InChI=1S/C13H8F2N4O2/c14-9-3-1-2-8(11(9)15)12-18-17-6-19(12)7-4-10(13(20)21)16-5-7/h1-6,16H,(H,20,21). The van der Waals surface area contributed by atoms with Crippen LogP contribution in [0.3, 0.4) is 0 Å². The van der Waals surface area contributed by atoms with E-state index in [4.69, 9.17) is 5.11 Å². The highest BCUT2D eigenvalue weighted by Crippen LogP contribution is 2.25. The molecule has 0 saturated carbocycles. The van der Waals surface area contributed by atoms with Crippen molar-refractivity contribution in [2.75, 3.05) is 0 Å². The maximum Gasteiger partial charge on any atom is 0.352 e. The second-order valence-electron chi connectivity index (χ2n) is 4.20. The smallest absolute Gasteiger partial charge is 0.352 e. The lowest BCUT2D eigenvalue weighted by atomic mass is 10.2. The van der Waals surface area contributed by atoms with Gasteiger partial charge in [-0.2, -0.15) is 0 Å². The van der Waals surface area contributed by atoms with Crippen molar-refractivity contribution in [1.82, 2.24) is 19.7 Å². The Morgan fingerprint density at radius 1 is 1.33 bits per heavy atom. The van der Waals surface area contributed by atoms with Crippen LogP contribution in [0.5, 0.6) is 0 Å². The first-order chi connectivity index (χ1) is 10.1. The van der Waals surface area contributed by atoms with Gasteiger partial charge < -0.3 is 10.1 Å². The molecule has 0 saturated heterocycles. The quantitative estimate of drug-likeness (QED) is 0.774. The van der Waals surface area contributed by atoms with Crippen LogP contribution in [-0.4, -0.2) is 30.8 Å². The number of carboxylic acids is 1. The molecule has 2 aromatic heterocycles. The third kappa shape index (κ3) is 2.16. The molecule has 0 aliphatic rings. The van der Waals surface area contributed by atoms with Gasteiger partial charge in [-0.05, 0) is 18.2 Å². The highest BCUT2D eigenvalue weighted by atomic mass is 19.2. The van der Waals surface area contributed by atoms with Gasteiger partial charge in [-0.15, -0.1) is 10.2 Å². The molecule has 3 rings (SSSR count). The number of hydrogen-bond acceptors (Lipinski definition) is 3. The minimum Gasteiger partial charge on any atom is -0.477 e. The molecule has 0 spiro atoms. The fraction of sp³-hybridized carbons (Fsp3) is 0. The largest absolute Gasteiger partial charge is 0.477 e. The Hall–Kier alpha value is -3.03. The van der Waals surface area contributed by atoms with Crippen LogP contribution < -0.4 is 0 Å². The number of hydrogen-bond donors (Lipinski definition) is 2. The van der Waals surface area contributed by atoms with Gasteiger partial charge >= 0.3 is 5.97 Å². The van der Waals surface area contributed by atoms with Crippen molar-refractivity contribution < 1.29 is 18.7 Å². The molecule has 0 fully saturated rings. The van der Waals surface area contributed by atoms with Crippen molar-refractivity contribution in [3.05, 3.63) is 54.1 Å². The number of rotatable bonds is 3. The van der Waals surface area contributed by atoms with Crippen molar-refractivity contribution >= 4 is 5.97 Å². The Bertz CT molecular complexity index is 825. The summed E-state index contributed by atoms with van der Waals surface area (Å²) in [6.45, 7) is 0. The van der Waals surface area contributed by atoms with Gasteiger partial charge in [-0.25, -0.2) is 13.6 Å². The first kappa shape index (κ1) is 13.0. The van der Waals surface area contributed by atoms with Crippen LogP contribution in [0, 0.1) is 11.6 Å². The highest BCUT2D eigenvalue weighted by molar-refractivity contribution is 5.86. The monoisotopic (exact) mass is 290 g/mol. The molecule has 3 aromatic rings. The summed E-state index contributed by atoms with van der Waals surface area (Å²) in [6, 6.07) is 5.06. The molecular formula is C13H8F2N4O2. The summed E-state index contributed by atoms with van der Waals surface area (Å²) in [5, 5.41) is 16.3. The number of aromatic carboxylic acids is 1. The molecule has 0 unspecified atom stereocenters. The fourth-order valence-corrected chi connectivity index (χ4v) is 1.93. The second-order valence-corrected chi connectivity index (χ2v) is 4.20. The SMILES string of the molecule is O=C(O)c1cc(-n2cnnc2-c2cccc(F)c2F)c[nH]1. The number of aromatic amines is 1. The van der Waals surface area contributed by atoms with Gasteiger partial charge in [0.25, 0.3) is 0 Å². The molecule has 0 aliphatic heterocycles. The molecular weight excluding hydrogens is 282 g/mol. The molecule has 2 heterocycles. The van der Waals surface area contributed by atoms with Crippen LogP contribution in [0.4, 0.5) is 8.78 Å². The van der Waals surface area contributed by atoms with Crippen molar-refractivity contribution in [3.63, 3.8) is 0 Å². The van der Waals surface area contributed by atoms with E-state index in [-0.39, 0.29) is 17.1 Å². The third-order valence-corrected chi connectivity index (χ3v) is 2.92. The number of aromatic nitrogens is 4. The molecule has 0 amide bonds. The van der Waals surface area contributed by atoms with Gasteiger partial charge in [0.15, 0.2) is 17.5 Å². The molecule has 6 nitrogen and oxygen atoms in total. The van der Waals surface area contributed by atoms with E-state index in [1.54, 1.807) is 0 Å². The van der Waals surface area contributed by atoms with E-state index in [1.165, 1.54) is 35.3 Å². The molecule has 1 aromatic carbocycles. The maximum atomic E-state index is 13.8. The van der Waals surface area contributed by atoms with Gasteiger partial charge in [0.1, 0.15) is 12.0 Å². The lowest BCUT2D eigenvalue weighted by Gasteiger charge is -2.05. The Labute approximate surface area is 116 Å². The minimum absolute atomic E-state index is 0.0376. The fourth-order valence-electron chi connectivity index (χ4n) is 1.93. The molecule has 8 heteroatoms. The topological polar surface area (TPSA) is 83.8 Å². The van der Waals surface area contributed by atoms with Crippen molar-refractivity contribution in [1.29, 1.82) is 0 Å². The molecule has 0 bridgehead atoms. The number of nitrogens with one attached hydrogen (secondary N) is 1. The Morgan fingerprint density at radius 2 is 2.14 bits per heavy atom. The summed E-state index contributed by atoms with van der Waals surface area (Å²) < 4.78 is 28.5. The maximum absolute atomic E-state index is 13.8. The molecule has 0 radical (unpaired) electrons. The normalized spacial score (nSPS) is 10.8. The minimum atomic E-state index is -1.13. The number of halogens is 2. The summed E-state index contributed by atoms with van der Waals surface area (Å²) in [5.74, 6) is -3.10. The summed E-state index contributed by atoms with van der Waals surface area (Å²) in [6.07, 6.45) is 2.70. The lowest BCUT2D eigenvalue weighted by molar-refractivity contribution is 0.0691. The van der Waals surface area contributed by atoms with Crippen LogP contribution in [0.1, 0.15) is 10.5 Å². The van der Waals surface area contributed by atoms with Gasteiger partial charge in [0.2, 0.25) is 0 Å².